The van der Waals surface area contributed by atoms with E-state index in [2.05, 4.69) is 29.5 Å². The van der Waals surface area contributed by atoms with Crippen molar-refractivity contribution in [3.63, 3.8) is 0 Å². The highest BCUT2D eigenvalue weighted by Crippen LogP contribution is 2.10. The van der Waals surface area contributed by atoms with E-state index in [4.69, 9.17) is 0 Å². The molecule has 5 heteroatoms. The molecular formula is C16H32N4O. The number of carbonyl (C=O) groups is 1. The molecule has 0 radical (unpaired) electrons. The minimum atomic E-state index is 0.246. The molecule has 1 atom stereocenters. The average molecular weight is 296 g/mol. The molecule has 1 unspecified atom stereocenters. The Morgan fingerprint density at radius 1 is 1.38 bits per heavy atom. The van der Waals surface area contributed by atoms with Crippen LogP contribution in [0.5, 0.6) is 0 Å². The number of hydrogen-bond acceptors (Lipinski definition) is 2. The summed E-state index contributed by atoms with van der Waals surface area (Å²) in [6.45, 7) is 9.04. The van der Waals surface area contributed by atoms with Crippen LogP contribution >= 0.6 is 0 Å². The number of likely N-dealkylation sites (tertiary alicyclic amines) is 1. The molecule has 1 fully saturated rings. The number of amides is 1. The number of carbonyl (C=O) groups excluding carboxylic acids is 1. The Hall–Kier alpha value is -1.26. The molecule has 0 aromatic carbocycles. The summed E-state index contributed by atoms with van der Waals surface area (Å²) in [6.07, 6.45) is 5.30. The first-order chi connectivity index (χ1) is 10.1. The highest BCUT2D eigenvalue weighted by molar-refractivity contribution is 5.80. The lowest BCUT2D eigenvalue weighted by molar-refractivity contribution is -0.129. The van der Waals surface area contributed by atoms with Crippen LogP contribution in [-0.2, 0) is 4.79 Å². The summed E-state index contributed by atoms with van der Waals surface area (Å²) in [4.78, 5) is 17.9. The van der Waals surface area contributed by atoms with Crippen molar-refractivity contribution in [3.05, 3.63) is 0 Å². The Bertz CT molecular complexity index is 341. The first-order valence-electron chi connectivity index (χ1n) is 8.31. The standard InChI is InChI=1S/C16H32N4O/c1-5-15(21)20-11-9-14(12-20)19-16(17-4)18-10-7-6-8-13(2)3/h13-14H,5-12H2,1-4H3,(H2,17,18,19). The van der Waals surface area contributed by atoms with Gasteiger partial charge in [0.05, 0.1) is 0 Å². The van der Waals surface area contributed by atoms with Gasteiger partial charge in [-0.2, -0.15) is 0 Å². The summed E-state index contributed by atoms with van der Waals surface area (Å²) in [7, 11) is 1.80. The first kappa shape index (κ1) is 17.8. The Balaban J connectivity index is 2.21. The van der Waals surface area contributed by atoms with Crippen molar-refractivity contribution >= 4 is 11.9 Å². The second kappa shape index (κ2) is 9.64. The predicted octanol–water partition coefficient (Wildman–Crippen LogP) is 1.99. The van der Waals surface area contributed by atoms with Gasteiger partial charge in [-0.15, -0.1) is 0 Å². The second-order valence-electron chi connectivity index (χ2n) is 6.21. The SMILES string of the molecule is CCC(=O)N1CCC(NC(=NC)NCCCCC(C)C)C1. The van der Waals surface area contributed by atoms with Crippen molar-refractivity contribution in [2.75, 3.05) is 26.7 Å². The second-order valence-corrected chi connectivity index (χ2v) is 6.21. The Morgan fingerprint density at radius 3 is 2.76 bits per heavy atom. The van der Waals surface area contributed by atoms with Gasteiger partial charge < -0.3 is 15.5 Å². The molecule has 0 saturated carbocycles. The third kappa shape index (κ3) is 6.82. The minimum absolute atomic E-state index is 0.246. The minimum Gasteiger partial charge on any atom is -0.356 e. The van der Waals surface area contributed by atoms with E-state index in [-0.39, 0.29) is 5.91 Å². The summed E-state index contributed by atoms with van der Waals surface area (Å²) in [5.74, 6) is 1.88. The molecule has 1 amide bonds. The van der Waals surface area contributed by atoms with Crippen LogP contribution in [0.4, 0.5) is 0 Å². The molecule has 0 aliphatic carbocycles. The molecule has 122 valence electrons. The maximum Gasteiger partial charge on any atom is 0.222 e. The molecule has 5 nitrogen and oxygen atoms in total. The third-order valence-corrected chi connectivity index (χ3v) is 3.91. The molecule has 1 saturated heterocycles. The summed E-state index contributed by atoms with van der Waals surface area (Å²) in [5.41, 5.74) is 0. The van der Waals surface area contributed by atoms with Crippen LogP contribution in [-0.4, -0.2) is 49.5 Å². The van der Waals surface area contributed by atoms with Crippen molar-refractivity contribution in [1.29, 1.82) is 0 Å². The van der Waals surface area contributed by atoms with Crippen LogP contribution < -0.4 is 10.6 Å². The van der Waals surface area contributed by atoms with Crippen molar-refractivity contribution in [3.8, 4) is 0 Å². The molecule has 0 spiro atoms. The fraction of sp³-hybridized carbons (Fsp3) is 0.875. The van der Waals surface area contributed by atoms with Gasteiger partial charge in [-0.05, 0) is 18.8 Å². The van der Waals surface area contributed by atoms with Crippen molar-refractivity contribution in [1.82, 2.24) is 15.5 Å². The Morgan fingerprint density at radius 2 is 2.14 bits per heavy atom. The number of nitrogens with zero attached hydrogens (tertiary/aromatic N) is 2. The Labute approximate surface area is 129 Å². The normalized spacial score (nSPS) is 19.2. The maximum absolute atomic E-state index is 11.7. The average Bonchev–Trinajstić information content (AvgIpc) is 2.93. The highest BCUT2D eigenvalue weighted by atomic mass is 16.2. The van der Waals surface area contributed by atoms with Crippen molar-refractivity contribution in [2.45, 2.75) is 58.9 Å². The van der Waals surface area contributed by atoms with E-state index in [9.17, 15) is 4.79 Å². The van der Waals surface area contributed by atoms with E-state index in [0.717, 1.165) is 37.9 Å². The number of hydrogen-bond donors (Lipinski definition) is 2. The van der Waals surface area contributed by atoms with Gasteiger partial charge in [0.1, 0.15) is 0 Å². The molecule has 21 heavy (non-hydrogen) atoms. The molecule has 1 aliphatic heterocycles. The number of aliphatic imine (C=N–C) groups is 1. The van der Waals surface area contributed by atoms with E-state index in [1.807, 2.05) is 11.8 Å². The number of unbranched alkanes of at least 4 members (excludes halogenated alkanes) is 1. The van der Waals surface area contributed by atoms with Gasteiger partial charge in [0.2, 0.25) is 5.91 Å². The summed E-state index contributed by atoms with van der Waals surface area (Å²) >= 11 is 0. The van der Waals surface area contributed by atoms with Gasteiger partial charge in [-0.25, -0.2) is 0 Å². The lowest BCUT2D eigenvalue weighted by Gasteiger charge is -2.18. The van der Waals surface area contributed by atoms with Crippen LogP contribution in [0.3, 0.4) is 0 Å². The molecule has 1 heterocycles. The number of guanidine groups is 1. The van der Waals surface area contributed by atoms with Crippen LogP contribution in [0, 0.1) is 5.92 Å². The van der Waals surface area contributed by atoms with Crippen LogP contribution in [0.15, 0.2) is 4.99 Å². The third-order valence-electron chi connectivity index (χ3n) is 3.91. The molecular weight excluding hydrogens is 264 g/mol. The van der Waals surface area contributed by atoms with Crippen LogP contribution in [0.25, 0.3) is 0 Å². The number of rotatable bonds is 7. The summed E-state index contributed by atoms with van der Waals surface area (Å²) in [6, 6.07) is 0.322. The molecule has 0 aromatic rings. The predicted molar refractivity (Wildman–Crippen MR) is 88.5 cm³/mol. The molecule has 0 bridgehead atoms. The molecule has 1 aliphatic rings. The van der Waals surface area contributed by atoms with E-state index in [0.29, 0.717) is 12.5 Å². The molecule has 0 aromatic heterocycles. The van der Waals surface area contributed by atoms with Gasteiger partial charge >= 0.3 is 0 Å². The fourth-order valence-corrected chi connectivity index (χ4v) is 2.60. The number of nitrogens with one attached hydrogen (secondary N) is 2. The fourth-order valence-electron chi connectivity index (χ4n) is 2.60. The Kier molecular flexibility index (Phi) is 8.16. The van der Waals surface area contributed by atoms with Gasteiger partial charge in [0, 0.05) is 39.1 Å². The lowest BCUT2D eigenvalue weighted by atomic mass is 10.1. The van der Waals surface area contributed by atoms with Crippen LogP contribution in [0.1, 0.15) is 52.9 Å². The monoisotopic (exact) mass is 296 g/mol. The zero-order valence-electron chi connectivity index (χ0n) is 14.1. The largest absolute Gasteiger partial charge is 0.356 e. The first-order valence-corrected chi connectivity index (χ1v) is 8.31. The van der Waals surface area contributed by atoms with E-state index in [1.165, 1.54) is 19.3 Å². The topological polar surface area (TPSA) is 56.7 Å². The quantitative estimate of drug-likeness (QED) is 0.429. The highest BCUT2D eigenvalue weighted by Gasteiger charge is 2.25. The van der Waals surface area contributed by atoms with E-state index < -0.39 is 0 Å². The van der Waals surface area contributed by atoms with Crippen molar-refractivity contribution in [2.24, 2.45) is 10.9 Å². The summed E-state index contributed by atoms with van der Waals surface area (Å²) in [5, 5.41) is 6.78. The molecule has 2 N–H and O–H groups in total. The molecule has 1 rings (SSSR count). The van der Waals surface area contributed by atoms with Gasteiger partial charge in [0.25, 0.3) is 0 Å². The van der Waals surface area contributed by atoms with Gasteiger partial charge in [-0.3, -0.25) is 9.79 Å². The van der Waals surface area contributed by atoms with Gasteiger partial charge in [-0.1, -0.05) is 33.6 Å². The lowest BCUT2D eigenvalue weighted by Crippen LogP contribution is -2.45. The van der Waals surface area contributed by atoms with E-state index in [1.54, 1.807) is 7.05 Å². The zero-order valence-corrected chi connectivity index (χ0v) is 14.1. The van der Waals surface area contributed by atoms with E-state index >= 15 is 0 Å². The smallest absolute Gasteiger partial charge is 0.222 e. The van der Waals surface area contributed by atoms with Gasteiger partial charge in [0.15, 0.2) is 5.96 Å². The zero-order chi connectivity index (χ0) is 15.7. The maximum atomic E-state index is 11.7. The van der Waals surface area contributed by atoms with Crippen molar-refractivity contribution < 1.29 is 4.79 Å². The van der Waals surface area contributed by atoms with Crippen LogP contribution in [0.2, 0.25) is 0 Å². The summed E-state index contributed by atoms with van der Waals surface area (Å²) < 4.78 is 0.